The molecule has 198 valence electrons. The minimum absolute atomic E-state index is 0.0450. The van der Waals surface area contributed by atoms with Gasteiger partial charge in [0.05, 0.1) is 8.47 Å². The van der Waals surface area contributed by atoms with Crippen LogP contribution in [0.25, 0.3) is 32.9 Å². The molecule has 0 aromatic heterocycles. The molecule has 0 saturated heterocycles. The first kappa shape index (κ1) is 26.9. The summed E-state index contributed by atoms with van der Waals surface area (Å²) in [5, 5.41) is 19.6. The molecule has 0 atom stereocenters. The molecule has 0 amide bonds. The van der Waals surface area contributed by atoms with Crippen molar-refractivity contribution in [2.24, 2.45) is 5.41 Å². The molecule has 3 aromatic rings. The number of phenols is 1. The van der Waals surface area contributed by atoms with Crippen molar-refractivity contribution in [3.8, 4) is 16.9 Å². The predicted octanol–water partition coefficient (Wildman–Crippen LogP) is 11.0. The third-order valence-electron chi connectivity index (χ3n) is 7.19. The Bertz CT molecular complexity index is 1660. The van der Waals surface area contributed by atoms with Gasteiger partial charge in [0.2, 0.25) is 0 Å². The van der Waals surface area contributed by atoms with Crippen molar-refractivity contribution in [1.29, 1.82) is 0 Å². The number of Topliss-reactive ketones (excluding diaryl/α,β-unsaturated/α-hetero) is 1. The molecule has 1 N–H and O–H groups in total. The summed E-state index contributed by atoms with van der Waals surface area (Å²) in [6.07, 6.45) is 2.04. The summed E-state index contributed by atoms with van der Waals surface area (Å²) in [6.45, 7) is 12.6. The average molecular weight is 587 g/mol. The van der Waals surface area contributed by atoms with Crippen LogP contribution in [-0.2, 0) is 5.41 Å². The number of hydrogen-bond acceptors (Lipinski definition) is 6. The summed E-state index contributed by atoms with van der Waals surface area (Å²) >= 11 is 7.19. The lowest BCUT2D eigenvalue weighted by molar-refractivity contribution is 0.101. The number of hydrogen-bond donors (Lipinski definition) is 1. The first-order valence-corrected chi connectivity index (χ1v) is 16.4. The smallest absolute Gasteiger partial charge is 0.190 e. The summed E-state index contributed by atoms with van der Waals surface area (Å²) in [5.41, 5.74) is 6.00. The first-order chi connectivity index (χ1) is 18.4. The third kappa shape index (κ3) is 4.84. The van der Waals surface area contributed by atoms with Crippen LogP contribution >= 0.6 is 47.0 Å². The summed E-state index contributed by atoms with van der Waals surface area (Å²) in [6, 6.07) is 14.7. The van der Waals surface area contributed by atoms with Crippen LogP contribution in [0.3, 0.4) is 0 Å². The zero-order valence-electron chi connectivity index (χ0n) is 22.8. The van der Waals surface area contributed by atoms with E-state index in [1.165, 1.54) is 18.9 Å². The molecule has 0 fully saturated rings. The fraction of sp³-hybridized carbons (Fsp3) is 0.242. The number of aromatic hydroxyl groups is 1. The van der Waals surface area contributed by atoms with E-state index in [2.05, 4.69) is 94.2 Å². The zero-order valence-corrected chi connectivity index (χ0v) is 26.1. The van der Waals surface area contributed by atoms with E-state index in [4.69, 9.17) is 0 Å². The van der Waals surface area contributed by atoms with E-state index in [0.29, 0.717) is 5.56 Å². The Hall–Kier alpha value is -2.25. The molecule has 6 heteroatoms. The third-order valence-corrected chi connectivity index (χ3v) is 12.3. The molecular formula is C33H30O2S4. The lowest BCUT2D eigenvalue weighted by Gasteiger charge is -2.29. The molecule has 0 bridgehead atoms. The van der Waals surface area contributed by atoms with Crippen LogP contribution in [0.5, 0.6) is 5.75 Å². The van der Waals surface area contributed by atoms with Gasteiger partial charge in [-0.1, -0.05) is 113 Å². The summed E-state index contributed by atoms with van der Waals surface area (Å²) in [5.74, 6) is 0.312. The quantitative estimate of drug-likeness (QED) is 0.322. The topological polar surface area (TPSA) is 37.3 Å². The second-order valence-corrected chi connectivity index (χ2v) is 16.3. The molecule has 2 heterocycles. The highest BCUT2D eigenvalue weighted by atomic mass is 32.2. The Labute approximate surface area is 247 Å². The van der Waals surface area contributed by atoms with Crippen LogP contribution in [0.15, 0.2) is 72.7 Å². The fourth-order valence-corrected chi connectivity index (χ4v) is 9.62. The number of allylic oxidation sites excluding steroid dienone is 1. The SMILES string of the molecule is CC(C)(C)C1=Cc2cc(C(C)(C)C)c(O)c3cc(-c4ccc(C5=CSC(=C6SC=CS6)S5)cc4)cc(c23)C1=O. The van der Waals surface area contributed by atoms with Crippen LogP contribution in [-0.4, -0.2) is 10.9 Å². The standard InChI is InChI=1S/C33H30O2S4/c1-32(2,3)24-15-21-16-25(33(4,5)6)29(35)23-14-20(13-22(27(21)23)28(24)34)18-7-9-19(10-8-18)26-17-38-31(39-26)30-36-11-12-37-30/h7-17,34H,1-6H3. The van der Waals surface area contributed by atoms with Crippen LogP contribution in [0.2, 0.25) is 0 Å². The van der Waals surface area contributed by atoms with Gasteiger partial charge in [-0.3, -0.25) is 4.79 Å². The molecule has 0 unspecified atom stereocenters. The van der Waals surface area contributed by atoms with E-state index in [9.17, 15) is 9.90 Å². The molecule has 0 radical (unpaired) electrons. The number of phenolic OH excluding ortho intramolecular Hbond substituents is 1. The zero-order chi connectivity index (χ0) is 27.7. The van der Waals surface area contributed by atoms with Gasteiger partial charge in [-0.15, -0.1) is 0 Å². The van der Waals surface area contributed by atoms with E-state index in [1.54, 1.807) is 35.3 Å². The maximum Gasteiger partial charge on any atom is 0.190 e. The molecule has 6 rings (SSSR count). The molecule has 0 saturated carbocycles. The van der Waals surface area contributed by atoms with E-state index >= 15 is 0 Å². The van der Waals surface area contributed by atoms with E-state index in [1.807, 2.05) is 23.9 Å². The Morgan fingerprint density at radius 3 is 2.05 bits per heavy atom. The summed E-state index contributed by atoms with van der Waals surface area (Å²) in [7, 11) is 0. The van der Waals surface area contributed by atoms with Gasteiger partial charge in [-0.25, -0.2) is 0 Å². The maximum absolute atomic E-state index is 13.8. The van der Waals surface area contributed by atoms with Gasteiger partial charge in [0, 0.05) is 32.4 Å². The van der Waals surface area contributed by atoms with Gasteiger partial charge in [0.15, 0.2) is 5.78 Å². The number of carbonyl (C=O) groups excluding carboxylic acids is 1. The van der Waals surface area contributed by atoms with Crippen molar-refractivity contribution in [2.45, 2.75) is 47.0 Å². The number of carbonyl (C=O) groups is 1. The Kier molecular flexibility index (Phi) is 6.69. The normalized spacial score (nSPS) is 17.3. The van der Waals surface area contributed by atoms with Gasteiger partial charge in [0.25, 0.3) is 0 Å². The minimum atomic E-state index is -0.289. The van der Waals surface area contributed by atoms with Crippen molar-refractivity contribution < 1.29 is 9.90 Å². The van der Waals surface area contributed by atoms with Crippen molar-refractivity contribution in [3.05, 3.63) is 95.0 Å². The van der Waals surface area contributed by atoms with Gasteiger partial charge in [-0.2, -0.15) is 0 Å². The number of thioether (sulfide) groups is 4. The number of benzene rings is 3. The highest BCUT2D eigenvalue weighted by Gasteiger charge is 2.32. The van der Waals surface area contributed by atoms with Crippen molar-refractivity contribution >= 4 is 74.6 Å². The van der Waals surface area contributed by atoms with Gasteiger partial charge >= 0.3 is 0 Å². The van der Waals surface area contributed by atoms with Gasteiger partial charge < -0.3 is 5.11 Å². The Balaban J connectivity index is 1.45. The van der Waals surface area contributed by atoms with Crippen molar-refractivity contribution in [2.75, 3.05) is 0 Å². The summed E-state index contributed by atoms with van der Waals surface area (Å²) < 4.78 is 2.69. The molecular weight excluding hydrogens is 557 g/mol. The second kappa shape index (κ2) is 9.69. The van der Waals surface area contributed by atoms with Crippen LogP contribution in [0.1, 0.15) is 68.6 Å². The minimum Gasteiger partial charge on any atom is -0.507 e. The van der Waals surface area contributed by atoms with E-state index < -0.39 is 0 Å². The molecule has 2 aliphatic heterocycles. The van der Waals surface area contributed by atoms with Gasteiger partial charge in [0.1, 0.15) is 5.75 Å². The highest BCUT2D eigenvalue weighted by Crippen LogP contribution is 2.55. The molecule has 3 aromatic carbocycles. The Morgan fingerprint density at radius 2 is 1.41 bits per heavy atom. The van der Waals surface area contributed by atoms with Crippen molar-refractivity contribution in [3.63, 3.8) is 0 Å². The predicted molar refractivity (Wildman–Crippen MR) is 176 cm³/mol. The maximum atomic E-state index is 13.8. The van der Waals surface area contributed by atoms with E-state index in [0.717, 1.165) is 38.6 Å². The lowest BCUT2D eigenvalue weighted by atomic mass is 9.74. The van der Waals surface area contributed by atoms with Gasteiger partial charge in [-0.05, 0) is 73.6 Å². The number of rotatable bonds is 2. The Morgan fingerprint density at radius 1 is 0.744 bits per heavy atom. The molecule has 3 aliphatic rings. The molecule has 2 nitrogen and oxygen atoms in total. The van der Waals surface area contributed by atoms with E-state index in [-0.39, 0.29) is 22.4 Å². The fourth-order valence-electron chi connectivity index (χ4n) is 5.14. The van der Waals surface area contributed by atoms with Crippen LogP contribution < -0.4 is 0 Å². The first-order valence-electron chi connectivity index (χ1n) is 12.9. The molecule has 39 heavy (non-hydrogen) atoms. The van der Waals surface area contributed by atoms with Crippen LogP contribution in [0, 0.1) is 5.41 Å². The lowest BCUT2D eigenvalue weighted by Crippen LogP contribution is -2.21. The highest BCUT2D eigenvalue weighted by molar-refractivity contribution is 8.35. The second-order valence-electron chi connectivity index (χ2n) is 12.1. The van der Waals surface area contributed by atoms with Crippen LogP contribution in [0.4, 0.5) is 0 Å². The monoisotopic (exact) mass is 586 g/mol. The largest absolute Gasteiger partial charge is 0.507 e. The molecule has 1 aliphatic carbocycles. The average Bonchev–Trinajstić information content (AvgIpc) is 3.58. The molecule has 0 spiro atoms. The summed E-state index contributed by atoms with van der Waals surface area (Å²) in [4.78, 5) is 15.1. The van der Waals surface area contributed by atoms with Crippen molar-refractivity contribution in [1.82, 2.24) is 0 Å². The number of ketones is 1.